The van der Waals surface area contributed by atoms with E-state index < -0.39 is 0 Å². The van der Waals surface area contributed by atoms with Gasteiger partial charge in [0.25, 0.3) is 0 Å². The van der Waals surface area contributed by atoms with Crippen molar-refractivity contribution in [2.24, 2.45) is 0 Å². The Balaban J connectivity index is 1.60. The standard InChI is InChI=1S/C26H19BrFN3O/c1-15(13-29)26-21-5-3-17(9-18(21)14-32-24-12-20(28)4-6-22(24)26)10-23-16(2)30-25-11-19(27)7-8-31(23)25/h3-9,11-12H,10,14H2,1-2H3. The van der Waals surface area contributed by atoms with Crippen LogP contribution in [0.15, 0.2) is 64.8 Å². The van der Waals surface area contributed by atoms with Crippen molar-refractivity contribution in [2.75, 3.05) is 0 Å². The number of nitrogens with zero attached hydrogens (tertiary/aromatic N) is 3. The molecule has 2 aromatic heterocycles. The maximum Gasteiger partial charge on any atom is 0.138 e. The minimum Gasteiger partial charge on any atom is -0.488 e. The van der Waals surface area contributed by atoms with Crippen LogP contribution >= 0.6 is 15.9 Å². The lowest BCUT2D eigenvalue weighted by Crippen LogP contribution is -2.01. The highest BCUT2D eigenvalue weighted by molar-refractivity contribution is 9.10. The van der Waals surface area contributed by atoms with Crippen molar-refractivity contribution in [3.63, 3.8) is 0 Å². The minimum absolute atomic E-state index is 0.306. The first-order chi connectivity index (χ1) is 15.4. The Labute approximate surface area is 193 Å². The molecule has 0 amide bonds. The topological polar surface area (TPSA) is 50.3 Å². The molecule has 4 aromatic rings. The molecule has 4 nitrogen and oxygen atoms in total. The molecule has 0 bridgehead atoms. The average Bonchev–Trinajstić information content (AvgIpc) is 2.98. The third kappa shape index (κ3) is 3.49. The van der Waals surface area contributed by atoms with Crippen LogP contribution in [0, 0.1) is 24.1 Å². The first kappa shape index (κ1) is 20.5. The fraction of sp³-hybridized carbons (Fsp3) is 0.154. The van der Waals surface area contributed by atoms with E-state index in [1.165, 1.54) is 12.1 Å². The molecule has 1 aliphatic heterocycles. The van der Waals surface area contributed by atoms with Crippen LogP contribution in [-0.2, 0) is 13.0 Å². The first-order valence-corrected chi connectivity index (χ1v) is 11.0. The van der Waals surface area contributed by atoms with E-state index >= 15 is 0 Å². The van der Waals surface area contributed by atoms with Gasteiger partial charge >= 0.3 is 0 Å². The second kappa shape index (κ2) is 7.92. The van der Waals surface area contributed by atoms with Gasteiger partial charge in [-0.05, 0) is 54.8 Å². The summed E-state index contributed by atoms with van der Waals surface area (Å²) in [5, 5.41) is 9.63. The van der Waals surface area contributed by atoms with E-state index in [1.54, 1.807) is 13.0 Å². The summed E-state index contributed by atoms with van der Waals surface area (Å²) in [5.41, 5.74) is 8.13. The molecule has 0 unspecified atom stereocenters. The lowest BCUT2D eigenvalue weighted by molar-refractivity contribution is 0.305. The third-order valence-electron chi connectivity index (χ3n) is 5.84. The molecule has 5 rings (SSSR count). The van der Waals surface area contributed by atoms with Crippen molar-refractivity contribution in [3.05, 3.63) is 104 Å². The number of halogens is 2. The Bertz CT molecular complexity index is 1460. The summed E-state index contributed by atoms with van der Waals surface area (Å²) >= 11 is 3.50. The zero-order valence-electron chi connectivity index (χ0n) is 17.6. The van der Waals surface area contributed by atoms with Crippen molar-refractivity contribution in [1.29, 1.82) is 5.26 Å². The van der Waals surface area contributed by atoms with Gasteiger partial charge in [0, 0.05) is 45.6 Å². The maximum absolute atomic E-state index is 13.9. The molecular weight excluding hydrogens is 469 g/mol. The molecule has 0 saturated carbocycles. The first-order valence-electron chi connectivity index (χ1n) is 10.2. The van der Waals surface area contributed by atoms with Crippen molar-refractivity contribution >= 4 is 27.2 Å². The Kier molecular flexibility index (Phi) is 5.07. The lowest BCUT2D eigenvalue weighted by atomic mass is 9.89. The number of imidazole rings is 1. The summed E-state index contributed by atoms with van der Waals surface area (Å²) in [6.45, 7) is 4.11. The largest absolute Gasteiger partial charge is 0.488 e. The fourth-order valence-electron chi connectivity index (χ4n) is 4.30. The number of hydrogen-bond acceptors (Lipinski definition) is 3. The Hall–Kier alpha value is -3.43. The van der Waals surface area contributed by atoms with Crippen molar-refractivity contribution in [1.82, 2.24) is 9.38 Å². The number of rotatable bonds is 2. The maximum atomic E-state index is 13.9. The molecule has 158 valence electrons. The normalized spacial score (nSPS) is 14.2. The molecule has 32 heavy (non-hydrogen) atoms. The van der Waals surface area contributed by atoms with Gasteiger partial charge in [0.15, 0.2) is 0 Å². The van der Waals surface area contributed by atoms with Crippen molar-refractivity contribution in [2.45, 2.75) is 26.9 Å². The molecule has 1 aliphatic rings. The van der Waals surface area contributed by atoms with Gasteiger partial charge in [0.1, 0.15) is 23.8 Å². The van der Waals surface area contributed by atoms with E-state index in [9.17, 15) is 9.65 Å². The van der Waals surface area contributed by atoms with Gasteiger partial charge in [-0.1, -0.05) is 34.1 Å². The summed E-state index contributed by atoms with van der Waals surface area (Å²) in [6.07, 6.45) is 2.73. The molecule has 0 saturated heterocycles. The zero-order chi connectivity index (χ0) is 22.4. The van der Waals surface area contributed by atoms with E-state index in [0.717, 1.165) is 49.3 Å². The highest BCUT2D eigenvalue weighted by Crippen LogP contribution is 2.39. The average molecular weight is 488 g/mol. The van der Waals surface area contributed by atoms with Gasteiger partial charge < -0.3 is 9.14 Å². The molecule has 0 N–H and O–H groups in total. The molecule has 0 aliphatic carbocycles. The Morgan fingerprint density at radius 1 is 1.19 bits per heavy atom. The molecule has 3 heterocycles. The number of hydrogen-bond donors (Lipinski definition) is 0. The Morgan fingerprint density at radius 3 is 2.81 bits per heavy atom. The highest BCUT2D eigenvalue weighted by Gasteiger charge is 2.22. The molecule has 2 aromatic carbocycles. The van der Waals surface area contributed by atoms with Crippen LogP contribution in [0.4, 0.5) is 4.39 Å². The summed E-state index contributed by atoms with van der Waals surface area (Å²) in [6, 6.07) is 17.0. The molecule has 0 fully saturated rings. The van der Waals surface area contributed by atoms with Gasteiger partial charge in [0.05, 0.1) is 11.8 Å². The number of benzene rings is 2. The number of aryl methyl sites for hydroxylation is 1. The highest BCUT2D eigenvalue weighted by atomic mass is 79.9. The number of nitriles is 1. The third-order valence-corrected chi connectivity index (χ3v) is 6.33. The zero-order valence-corrected chi connectivity index (χ0v) is 19.2. The molecule has 0 radical (unpaired) electrons. The summed E-state index contributed by atoms with van der Waals surface area (Å²) in [7, 11) is 0. The fourth-order valence-corrected chi connectivity index (χ4v) is 4.62. The van der Waals surface area contributed by atoms with Crippen LogP contribution in [0.3, 0.4) is 0 Å². The summed E-state index contributed by atoms with van der Waals surface area (Å²) < 4.78 is 22.9. The molecule has 0 atom stereocenters. The second-order valence-electron chi connectivity index (χ2n) is 7.93. The van der Waals surface area contributed by atoms with E-state index in [4.69, 9.17) is 4.74 Å². The lowest BCUT2D eigenvalue weighted by Gasteiger charge is -2.13. The monoisotopic (exact) mass is 487 g/mol. The smallest absolute Gasteiger partial charge is 0.138 e. The quantitative estimate of drug-likeness (QED) is 0.308. The van der Waals surface area contributed by atoms with E-state index in [2.05, 4.69) is 43.5 Å². The summed E-state index contributed by atoms with van der Waals surface area (Å²) in [5.74, 6) is 0.0923. The SMILES string of the molecule is CC(C#N)=C1c2ccc(Cc3c(C)nc4cc(Br)ccn34)cc2COc2cc(F)ccc21. The van der Waals surface area contributed by atoms with Crippen LogP contribution in [0.5, 0.6) is 5.75 Å². The predicted molar refractivity (Wildman–Crippen MR) is 125 cm³/mol. The van der Waals surface area contributed by atoms with Crippen LogP contribution in [-0.4, -0.2) is 9.38 Å². The number of allylic oxidation sites excluding steroid dienone is 1. The van der Waals surface area contributed by atoms with Crippen LogP contribution < -0.4 is 4.74 Å². The van der Waals surface area contributed by atoms with Gasteiger partial charge in [-0.15, -0.1) is 0 Å². The van der Waals surface area contributed by atoms with Crippen molar-refractivity contribution < 1.29 is 9.13 Å². The van der Waals surface area contributed by atoms with Crippen molar-refractivity contribution in [3.8, 4) is 11.8 Å². The number of pyridine rings is 1. The summed E-state index contributed by atoms with van der Waals surface area (Å²) in [4.78, 5) is 4.68. The minimum atomic E-state index is -0.362. The van der Waals surface area contributed by atoms with Crippen LogP contribution in [0.1, 0.15) is 40.6 Å². The van der Waals surface area contributed by atoms with Gasteiger partial charge in [-0.25, -0.2) is 9.37 Å². The molecule has 6 heteroatoms. The molecule has 0 spiro atoms. The van der Waals surface area contributed by atoms with E-state index in [0.29, 0.717) is 24.4 Å². The van der Waals surface area contributed by atoms with Crippen LogP contribution in [0.25, 0.3) is 11.2 Å². The van der Waals surface area contributed by atoms with Crippen LogP contribution in [0.2, 0.25) is 0 Å². The van der Waals surface area contributed by atoms with Gasteiger partial charge in [0.2, 0.25) is 0 Å². The van der Waals surface area contributed by atoms with Gasteiger partial charge in [-0.2, -0.15) is 5.26 Å². The number of ether oxygens (including phenoxy) is 1. The Morgan fingerprint density at radius 2 is 2.00 bits per heavy atom. The van der Waals surface area contributed by atoms with E-state index in [-0.39, 0.29) is 5.82 Å². The van der Waals surface area contributed by atoms with E-state index in [1.807, 2.05) is 31.3 Å². The second-order valence-corrected chi connectivity index (χ2v) is 8.84. The number of aromatic nitrogens is 2. The molecular formula is C26H19BrFN3O. The predicted octanol–water partition coefficient (Wildman–Crippen LogP) is 6.37. The van der Waals surface area contributed by atoms with Gasteiger partial charge in [-0.3, -0.25) is 0 Å². The number of fused-ring (bicyclic) bond motifs is 3.